The Morgan fingerprint density at radius 3 is 2.61 bits per heavy atom. The van der Waals surface area contributed by atoms with Crippen molar-refractivity contribution in [1.82, 2.24) is 15.0 Å². The van der Waals surface area contributed by atoms with Gasteiger partial charge in [0.2, 0.25) is 17.6 Å². The van der Waals surface area contributed by atoms with Crippen LogP contribution in [-0.4, -0.2) is 41.3 Å². The van der Waals surface area contributed by atoms with Crippen LogP contribution in [0.1, 0.15) is 0 Å². The van der Waals surface area contributed by atoms with Crippen LogP contribution < -0.4 is 19.7 Å². The molecule has 0 bridgehead atoms. The predicted molar refractivity (Wildman–Crippen MR) is 104 cm³/mol. The van der Waals surface area contributed by atoms with Crippen molar-refractivity contribution < 1.29 is 19.0 Å². The topological polar surface area (TPSA) is 92.6 Å². The number of ether oxygens (including phenoxy) is 2. The first kappa shape index (κ1) is 19.4. The standard InChI is InChI=1S/C18H17ClFN5O3/c1-25(11-4-5-13(20)12(19)8-11)18-22-9-21-17(24-18)23-10-6-14(26)16(28-3)15(7-10)27-2/h4-9,26H,1-3H3,(H,21,22,23,24). The number of benzene rings is 2. The summed E-state index contributed by atoms with van der Waals surface area (Å²) in [4.78, 5) is 14.1. The third-order valence-electron chi connectivity index (χ3n) is 3.87. The lowest BCUT2D eigenvalue weighted by molar-refractivity contribution is 0.333. The Hall–Kier alpha value is -3.33. The molecule has 0 saturated heterocycles. The molecule has 28 heavy (non-hydrogen) atoms. The van der Waals surface area contributed by atoms with Crippen LogP contribution in [0.2, 0.25) is 5.02 Å². The average molecular weight is 406 g/mol. The molecule has 146 valence electrons. The molecule has 0 aliphatic rings. The minimum atomic E-state index is -0.509. The van der Waals surface area contributed by atoms with Crippen molar-refractivity contribution in [3.8, 4) is 17.2 Å². The summed E-state index contributed by atoms with van der Waals surface area (Å²) >= 11 is 5.84. The van der Waals surface area contributed by atoms with Gasteiger partial charge in [-0.05, 0) is 18.2 Å². The number of aromatic nitrogens is 3. The van der Waals surface area contributed by atoms with E-state index in [0.717, 1.165) is 0 Å². The molecule has 3 aromatic rings. The van der Waals surface area contributed by atoms with Crippen molar-refractivity contribution in [2.45, 2.75) is 0 Å². The van der Waals surface area contributed by atoms with Gasteiger partial charge in [0, 0.05) is 30.6 Å². The summed E-state index contributed by atoms with van der Waals surface area (Å²) in [6.07, 6.45) is 1.33. The van der Waals surface area contributed by atoms with Crippen LogP contribution in [0.3, 0.4) is 0 Å². The van der Waals surface area contributed by atoms with Crippen LogP contribution in [0.25, 0.3) is 0 Å². The van der Waals surface area contributed by atoms with Gasteiger partial charge in [-0.25, -0.2) is 14.4 Å². The molecule has 2 aromatic carbocycles. The Bertz CT molecular complexity index is 1000. The molecule has 0 fully saturated rings. The molecule has 8 nitrogen and oxygen atoms in total. The summed E-state index contributed by atoms with van der Waals surface area (Å²) in [5, 5.41) is 13.0. The van der Waals surface area contributed by atoms with E-state index in [1.807, 2.05) is 0 Å². The molecule has 0 unspecified atom stereocenters. The van der Waals surface area contributed by atoms with Crippen LogP contribution in [-0.2, 0) is 0 Å². The van der Waals surface area contributed by atoms with E-state index in [0.29, 0.717) is 23.1 Å². The van der Waals surface area contributed by atoms with E-state index in [2.05, 4.69) is 20.3 Å². The van der Waals surface area contributed by atoms with Gasteiger partial charge in [-0.3, -0.25) is 0 Å². The molecular formula is C18H17ClFN5O3. The Kier molecular flexibility index (Phi) is 5.65. The van der Waals surface area contributed by atoms with Crippen molar-refractivity contribution in [2.24, 2.45) is 0 Å². The first-order chi connectivity index (χ1) is 13.4. The molecule has 0 radical (unpaired) electrons. The minimum absolute atomic E-state index is 0.00226. The molecule has 0 spiro atoms. The van der Waals surface area contributed by atoms with E-state index in [-0.39, 0.29) is 22.5 Å². The molecule has 2 N–H and O–H groups in total. The Morgan fingerprint density at radius 2 is 1.93 bits per heavy atom. The van der Waals surface area contributed by atoms with Gasteiger partial charge in [0.05, 0.1) is 19.2 Å². The maximum absolute atomic E-state index is 13.4. The number of nitrogens with zero attached hydrogens (tertiary/aromatic N) is 4. The van der Waals surface area contributed by atoms with E-state index in [4.69, 9.17) is 21.1 Å². The number of anilines is 4. The summed E-state index contributed by atoms with van der Waals surface area (Å²) in [6.45, 7) is 0. The SMILES string of the molecule is COc1cc(Nc2ncnc(N(C)c3ccc(F)c(Cl)c3)n2)cc(O)c1OC. The molecule has 0 aliphatic carbocycles. The molecule has 1 heterocycles. The molecule has 10 heteroatoms. The highest BCUT2D eigenvalue weighted by Gasteiger charge is 2.14. The zero-order valence-corrected chi connectivity index (χ0v) is 16.0. The van der Waals surface area contributed by atoms with Gasteiger partial charge in [0.25, 0.3) is 0 Å². The van der Waals surface area contributed by atoms with Crippen molar-refractivity contribution in [3.05, 3.63) is 47.5 Å². The van der Waals surface area contributed by atoms with Gasteiger partial charge in [0.1, 0.15) is 12.1 Å². The van der Waals surface area contributed by atoms with Gasteiger partial charge in [-0.1, -0.05) is 11.6 Å². The fraction of sp³-hybridized carbons (Fsp3) is 0.167. The molecular weight excluding hydrogens is 389 g/mol. The van der Waals surface area contributed by atoms with Gasteiger partial charge in [-0.15, -0.1) is 0 Å². The predicted octanol–water partition coefficient (Wildman–Crippen LogP) is 3.90. The van der Waals surface area contributed by atoms with E-state index in [9.17, 15) is 9.50 Å². The molecule has 0 atom stereocenters. The van der Waals surface area contributed by atoms with Gasteiger partial charge >= 0.3 is 0 Å². The number of hydrogen-bond acceptors (Lipinski definition) is 8. The smallest absolute Gasteiger partial charge is 0.234 e. The van der Waals surface area contributed by atoms with Crippen molar-refractivity contribution in [2.75, 3.05) is 31.5 Å². The van der Waals surface area contributed by atoms with Gasteiger partial charge < -0.3 is 24.8 Å². The lowest BCUT2D eigenvalue weighted by Gasteiger charge is -2.18. The number of methoxy groups -OCH3 is 2. The zero-order valence-electron chi connectivity index (χ0n) is 15.3. The number of phenolic OH excluding ortho intramolecular Hbond substituents is 1. The molecule has 0 saturated carbocycles. The summed E-state index contributed by atoms with van der Waals surface area (Å²) in [6, 6.07) is 7.38. The maximum atomic E-state index is 13.4. The van der Waals surface area contributed by atoms with Crippen LogP contribution in [0, 0.1) is 5.82 Å². The van der Waals surface area contributed by atoms with Gasteiger partial charge in [0.15, 0.2) is 11.5 Å². The highest BCUT2D eigenvalue weighted by Crippen LogP contribution is 2.39. The maximum Gasteiger partial charge on any atom is 0.234 e. The fourth-order valence-electron chi connectivity index (χ4n) is 2.46. The summed E-state index contributed by atoms with van der Waals surface area (Å²) in [5.74, 6) is 0.498. The minimum Gasteiger partial charge on any atom is -0.504 e. The van der Waals surface area contributed by atoms with Crippen LogP contribution in [0.15, 0.2) is 36.7 Å². The first-order valence-electron chi connectivity index (χ1n) is 8.02. The van der Waals surface area contributed by atoms with Crippen molar-refractivity contribution in [1.29, 1.82) is 0 Å². The fourth-order valence-corrected chi connectivity index (χ4v) is 2.64. The number of hydrogen-bond donors (Lipinski definition) is 2. The second kappa shape index (κ2) is 8.13. The third kappa shape index (κ3) is 3.99. The van der Waals surface area contributed by atoms with E-state index in [1.54, 1.807) is 24.1 Å². The Balaban J connectivity index is 1.87. The number of rotatable bonds is 6. The number of aromatic hydroxyl groups is 1. The van der Waals surface area contributed by atoms with E-state index < -0.39 is 5.82 Å². The van der Waals surface area contributed by atoms with Crippen molar-refractivity contribution in [3.63, 3.8) is 0 Å². The number of nitrogens with one attached hydrogen (secondary N) is 1. The molecule has 0 amide bonds. The van der Waals surface area contributed by atoms with Crippen LogP contribution in [0.5, 0.6) is 17.2 Å². The monoisotopic (exact) mass is 405 g/mol. The van der Waals surface area contributed by atoms with E-state index in [1.165, 1.54) is 38.7 Å². The van der Waals surface area contributed by atoms with Crippen LogP contribution >= 0.6 is 11.6 Å². The largest absolute Gasteiger partial charge is 0.504 e. The zero-order chi connectivity index (χ0) is 20.3. The molecule has 0 aliphatic heterocycles. The second-order valence-corrected chi connectivity index (χ2v) is 6.03. The third-order valence-corrected chi connectivity index (χ3v) is 4.15. The summed E-state index contributed by atoms with van der Waals surface area (Å²) in [5.41, 5.74) is 1.09. The summed E-state index contributed by atoms with van der Waals surface area (Å²) < 4.78 is 23.7. The lowest BCUT2D eigenvalue weighted by Crippen LogP contribution is -2.14. The Morgan fingerprint density at radius 1 is 1.14 bits per heavy atom. The highest BCUT2D eigenvalue weighted by atomic mass is 35.5. The normalized spacial score (nSPS) is 10.5. The molecule has 3 rings (SSSR count). The first-order valence-corrected chi connectivity index (χ1v) is 8.40. The van der Waals surface area contributed by atoms with Crippen molar-refractivity contribution >= 4 is 34.9 Å². The average Bonchev–Trinajstić information content (AvgIpc) is 2.69. The van der Waals surface area contributed by atoms with E-state index >= 15 is 0 Å². The van der Waals surface area contributed by atoms with Gasteiger partial charge in [-0.2, -0.15) is 4.98 Å². The summed E-state index contributed by atoms with van der Waals surface area (Å²) in [7, 11) is 4.61. The quantitative estimate of drug-likeness (QED) is 0.638. The Labute approximate surface area is 165 Å². The van der Waals surface area contributed by atoms with Crippen LogP contribution in [0.4, 0.5) is 27.7 Å². The molecule has 1 aromatic heterocycles. The lowest BCUT2D eigenvalue weighted by atomic mass is 10.2. The highest BCUT2D eigenvalue weighted by molar-refractivity contribution is 6.31. The number of halogens is 2. The number of phenols is 1. The second-order valence-electron chi connectivity index (χ2n) is 5.62.